The minimum Gasteiger partial charge on any atom is 0 e. The Kier molecular flexibility index (Phi) is 130. The smallest absolute Gasteiger partial charge is 0 e. The second kappa shape index (κ2) is 17.3. The van der Waals surface area contributed by atoms with Gasteiger partial charge in [0.2, 0.25) is 0 Å². The van der Waals surface area contributed by atoms with E-state index in [9.17, 15) is 0 Å². The molecule has 4 heteroatoms. The van der Waals surface area contributed by atoms with Crippen molar-refractivity contribution >= 4 is 8.41 Å². The van der Waals surface area contributed by atoms with E-state index in [1.54, 1.807) is 0 Å². The monoisotopic (exact) mass is 302 g/mol. The second-order valence-electron chi connectivity index (χ2n) is 0. The van der Waals surface area contributed by atoms with Gasteiger partial charge >= 0.3 is 0 Å². The van der Waals surface area contributed by atoms with Crippen LogP contribution >= 0.6 is 0 Å². The maximum Gasteiger partial charge on any atom is 0 e. The summed E-state index contributed by atoms with van der Waals surface area (Å²) in [7, 11) is 0. The molecule has 0 amide bonds. The SMILES string of the molecule is [B].[Fe].[Nb].[Nd]. The van der Waals surface area contributed by atoms with Crippen LogP contribution in [0.15, 0.2) is 0 Å². The van der Waals surface area contributed by atoms with Crippen molar-refractivity contribution in [2.75, 3.05) is 0 Å². The molecule has 0 aromatic rings. The zero-order valence-electron chi connectivity index (χ0n) is 1.88. The number of hydrogen-bond acceptors (Lipinski definition) is 0. The van der Waals surface area contributed by atoms with Gasteiger partial charge in [-0.05, 0) is 0 Å². The van der Waals surface area contributed by atoms with Crippen LogP contribution in [-0.2, 0) is 39.4 Å². The summed E-state index contributed by atoms with van der Waals surface area (Å²) in [6.07, 6.45) is 0. The van der Waals surface area contributed by atoms with E-state index >= 15 is 0 Å². The maximum absolute atomic E-state index is 0. The summed E-state index contributed by atoms with van der Waals surface area (Å²) in [6, 6.07) is 0. The van der Waals surface area contributed by atoms with Gasteiger partial charge in [-0.15, -0.1) is 0 Å². The van der Waals surface area contributed by atoms with Crippen LogP contribution in [-0.4, -0.2) is 8.41 Å². The average Bonchev–Trinajstić information content (AvgIpc) is 0. The second-order valence-corrected chi connectivity index (χ2v) is 0. The normalized spacial score (nSPS) is 0. The molecule has 0 bridgehead atoms. The summed E-state index contributed by atoms with van der Waals surface area (Å²) in [6.45, 7) is 0. The third-order valence-electron chi connectivity index (χ3n) is 0. The van der Waals surface area contributed by atoms with Gasteiger partial charge in [0.25, 0.3) is 0 Å². The molecule has 0 rings (SSSR count). The molecule has 0 aliphatic heterocycles. The predicted molar refractivity (Wildman–Crippen MR) is 5.75 cm³/mol. The van der Waals surface area contributed by atoms with Gasteiger partial charge in [0.15, 0.2) is 0 Å². The van der Waals surface area contributed by atoms with Crippen molar-refractivity contribution in [3.8, 4) is 0 Å². The fourth-order valence-electron chi connectivity index (χ4n) is 0. The van der Waals surface area contributed by atoms with Crippen molar-refractivity contribution in [2.24, 2.45) is 0 Å². The Morgan fingerprint density at radius 1 is 1.00 bits per heavy atom. The molecule has 0 aliphatic carbocycles. The zero-order chi connectivity index (χ0) is 0. The van der Waals surface area contributed by atoms with Crippen LogP contribution in [0.5, 0.6) is 0 Å². The van der Waals surface area contributed by atoms with Gasteiger partial charge in [-0.2, -0.15) is 0 Å². The molecule has 0 unspecified atom stereocenters. The fraction of sp³-hybridized carbons (Fsp3) is 0. The van der Waals surface area contributed by atoms with Gasteiger partial charge in [-0.1, -0.05) is 0 Å². The van der Waals surface area contributed by atoms with Crippen molar-refractivity contribution in [2.45, 2.75) is 0 Å². The molecule has 0 fully saturated rings. The van der Waals surface area contributed by atoms with Crippen molar-refractivity contribution in [3.63, 3.8) is 0 Å². The predicted octanol–water partition coefficient (Wildman–Crippen LogP) is -0.386. The maximum atomic E-state index is 0. The third-order valence-corrected chi connectivity index (χ3v) is 0. The van der Waals surface area contributed by atoms with Gasteiger partial charge < -0.3 is 0 Å². The standard InChI is InChI=1S/B.Fe.Nb.Nd. The Hall–Kier alpha value is 2.68. The largest absolute Gasteiger partial charge is 0 e. The van der Waals surface area contributed by atoms with E-state index in [2.05, 4.69) is 0 Å². The molecule has 0 heterocycles. The summed E-state index contributed by atoms with van der Waals surface area (Å²) < 4.78 is 0. The van der Waals surface area contributed by atoms with Crippen molar-refractivity contribution in [1.29, 1.82) is 0 Å². The summed E-state index contributed by atoms with van der Waals surface area (Å²) in [5.74, 6) is 0. The van der Waals surface area contributed by atoms with Gasteiger partial charge in [-0.3, -0.25) is 0 Å². The first-order chi connectivity index (χ1) is 0. The molecule has 0 saturated carbocycles. The molecule has 0 N–H and O–H groups in total. The quantitative estimate of drug-likeness (QED) is 0.535. The van der Waals surface area contributed by atoms with E-state index in [-0.39, 0.29) is 88.7 Å². The average molecular weight is 304 g/mol. The molecular formula is BFeNbNd. The Bertz CT molecular complexity index is 8.00. The van der Waals surface area contributed by atoms with Crippen molar-refractivity contribution < 1.29 is 80.3 Å². The minimum absolute atomic E-state index is 0. The van der Waals surface area contributed by atoms with E-state index in [1.807, 2.05) is 0 Å². The third kappa shape index (κ3) is 8.82. The van der Waals surface area contributed by atoms with Gasteiger partial charge in [0, 0.05) is 88.7 Å². The summed E-state index contributed by atoms with van der Waals surface area (Å²) >= 11 is 0. The first-order valence-corrected chi connectivity index (χ1v) is 0. The van der Waals surface area contributed by atoms with E-state index in [4.69, 9.17) is 0 Å². The van der Waals surface area contributed by atoms with Gasteiger partial charge in [0.1, 0.15) is 0 Å². The van der Waals surface area contributed by atoms with Gasteiger partial charge in [-0.25, -0.2) is 0 Å². The first-order valence-electron chi connectivity index (χ1n) is 0. The van der Waals surface area contributed by atoms with Crippen molar-refractivity contribution in [1.82, 2.24) is 0 Å². The Morgan fingerprint density at radius 2 is 1.00 bits per heavy atom. The van der Waals surface area contributed by atoms with Crippen LogP contribution in [0.2, 0.25) is 0 Å². The zero-order valence-corrected chi connectivity index (χ0v) is 8.39. The first kappa shape index (κ1) is 30.0. The van der Waals surface area contributed by atoms with E-state index in [0.717, 1.165) is 0 Å². The molecule has 20 valence electrons. The molecule has 4 heavy (non-hydrogen) atoms. The summed E-state index contributed by atoms with van der Waals surface area (Å²) in [4.78, 5) is 0. The fourth-order valence-corrected chi connectivity index (χ4v) is 0. The van der Waals surface area contributed by atoms with Crippen LogP contribution in [0.1, 0.15) is 0 Å². The van der Waals surface area contributed by atoms with Crippen LogP contribution < -0.4 is 0 Å². The van der Waals surface area contributed by atoms with Crippen LogP contribution in [0.3, 0.4) is 0 Å². The molecule has 4 radical (unpaired) electrons. The molecule has 0 aliphatic rings. The molecular weight excluding hydrogens is 304 g/mol. The molecule has 0 atom stereocenters. The van der Waals surface area contributed by atoms with Crippen LogP contribution in [0, 0.1) is 40.8 Å². The van der Waals surface area contributed by atoms with E-state index in [1.165, 1.54) is 0 Å². The van der Waals surface area contributed by atoms with Crippen molar-refractivity contribution in [3.05, 3.63) is 0 Å². The Balaban J connectivity index is 0. The topological polar surface area (TPSA) is 0 Å². The summed E-state index contributed by atoms with van der Waals surface area (Å²) in [5, 5.41) is 0. The molecule has 0 spiro atoms. The molecule has 0 saturated heterocycles. The molecule has 0 aromatic heterocycles. The Morgan fingerprint density at radius 3 is 1.00 bits per heavy atom. The number of rotatable bonds is 0. The summed E-state index contributed by atoms with van der Waals surface area (Å²) in [5.41, 5.74) is 0. The van der Waals surface area contributed by atoms with E-state index < -0.39 is 0 Å². The van der Waals surface area contributed by atoms with Gasteiger partial charge in [0.05, 0.1) is 0 Å². The van der Waals surface area contributed by atoms with E-state index in [0.29, 0.717) is 0 Å². The molecule has 0 nitrogen and oxygen atoms in total. The minimum atomic E-state index is 0. The number of hydrogen-bond donors (Lipinski definition) is 0. The molecule has 0 aromatic carbocycles. The van der Waals surface area contributed by atoms with Crippen LogP contribution in [0.25, 0.3) is 0 Å². The Labute approximate surface area is 86.9 Å². The van der Waals surface area contributed by atoms with Crippen LogP contribution in [0.4, 0.5) is 0 Å².